The fraction of sp³-hybridized carbons (Fsp3) is 0.438. The molecule has 0 saturated heterocycles. The van der Waals surface area contributed by atoms with Gasteiger partial charge in [0, 0.05) is 23.0 Å². The molecular weight excluding hydrogens is 302 g/mol. The lowest BCUT2D eigenvalue weighted by Crippen LogP contribution is -2.38. The van der Waals surface area contributed by atoms with E-state index in [1.165, 1.54) is 0 Å². The molecule has 0 aliphatic heterocycles. The maximum atomic E-state index is 6.36. The van der Waals surface area contributed by atoms with Crippen molar-refractivity contribution in [3.05, 3.63) is 50.9 Å². The van der Waals surface area contributed by atoms with E-state index in [0.29, 0.717) is 0 Å². The molecule has 1 aromatic heterocycles. The maximum Gasteiger partial charge on any atom is 0.0897 e. The highest BCUT2D eigenvalue weighted by Crippen LogP contribution is 2.27. The Kier molecular flexibility index (Phi) is 5.76. The minimum atomic E-state index is 0.0631. The summed E-state index contributed by atoms with van der Waals surface area (Å²) in [6.07, 6.45) is 0.914. The smallest absolute Gasteiger partial charge is 0.0897 e. The first-order valence-electron chi connectivity index (χ1n) is 7.13. The van der Waals surface area contributed by atoms with Gasteiger partial charge in [-0.1, -0.05) is 30.7 Å². The average molecular weight is 324 g/mol. The van der Waals surface area contributed by atoms with Crippen molar-refractivity contribution >= 4 is 22.9 Å². The number of halogens is 1. The molecule has 0 spiro atoms. The van der Waals surface area contributed by atoms with E-state index in [4.69, 9.17) is 17.3 Å². The minimum Gasteiger partial charge on any atom is -0.326 e. The van der Waals surface area contributed by atoms with Crippen LogP contribution in [0.1, 0.15) is 35.7 Å². The van der Waals surface area contributed by atoms with Crippen molar-refractivity contribution in [3.63, 3.8) is 0 Å². The van der Waals surface area contributed by atoms with Gasteiger partial charge in [-0.2, -0.15) is 0 Å². The largest absolute Gasteiger partial charge is 0.326 e. The van der Waals surface area contributed by atoms with Crippen molar-refractivity contribution in [1.82, 2.24) is 9.88 Å². The molecule has 0 amide bonds. The molecule has 2 atom stereocenters. The first-order valence-corrected chi connectivity index (χ1v) is 8.39. The fourth-order valence-electron chi connectivity index (χ4n) is 2.58. The van der Waals surface area contributed by atoms with Crippen molar-refractivity contribution in [2.75, 3.05) is 7.05 Å². The maximum absolute atomic E-state index is 6.36. The molecule has 2 N–H and O–H groups in total. The highest BCUT2D eigenvalue weighted by Gasteiger charge is 2.24. The third-order valence-corrected chi connectivity index (χ3v) is 4.68. The van der Waals surface area contributed by atoms with Crippen LogP contribution in [0, 0.1) is 6.92 Å². The normalized spacial score (nSPS) is 14.4. The average Bonchev–Trinajstić information content (AvgIpc) is 2.84. The molecule has 21 heavy (non-hydrogen) atoms. The lowest BCUT2D eigenvalue weighted by molar-refractivity contribution is 0.200. The molecule has 2 unspecified atom stereocenters. The van der Waals surface area contributed by atoms with Crippen LogP contribution < -0.4 is 5.73 Å². The quantitative estimate of drug-likeness (QED) is 0.873. The number of hydrogen-bond acceptors (Lipinski definition) is 4. The predicted molar refractivity (Wildman–Crippen MR) is 90.8 cm³/mol. The van der Waals surface area contributed by atoms with Crippen LogP contribution in [0.5, 0.6) is 0 Å². The van der Waals surface area contributed by atoms with Gasteiger partial charge in [-0.15, -0.1) is 11.3 Å². The van der Waals surface area contributed by atoms with Gasteiger partial charge < -0.3 is 5.73 Å². The summed E-state index contributed by atoms with van der Waals surface area (Å²) in [6, 6.07) is 8.17. The molecule has 1 heterocycles. The number of aryl methyl sites for hydroxylation is 1. The van der Waals surface area contributed by atoms with Gasteiger partial charge in [-0.05, 0) is 38.1 Å². The lowest BCUT2D eigenvalue weighted by atomic mass is 9.96. The van der Waals surface area contributed by atoms with Crippen molar-refractivity contribution in [1.29, 1.82) is 0 Å². The van der Waals surface area contributed by atoms with Crippen LogP contribution in [0.15, 0.2) is 29.6 Å². The van der Waals surface area contributed by atoms with Gasteiger partial charge in [0.1, 0.15) is 0 Å². The Morgan fingerprint density at radius 1 is 1.43 bits per heavy atom. The van der Waals surface area contributed by atoms with Crippen molar-refractivity contribution in [3.8, 4) is 0 Å². The van der Waals surface area contributed by atoms with E-state index in [1.54, 1.807) is 11.3 Å². The Morgan fingerprint density at radius 2 is 2.19 bits per heavy atom. The van der Waals surface area contributed by atoms with Gasteiger partial charge in [0.05, 0.1) is 16.7 Å². The minimum absolute atomic E-state index is 0.0631. The summed E-state index contributed by atoms with van der Waals surface area (Å²) in [5, 5.41) is 3.95. The van der Waals surface area contributed by atoms with Crippen LogP contribution in [0.3, 0.4) is 0 Å². The second-order valence-corrected chi connectivity index (χ2v) is 6.84. The van der Waals surface area contributed by atoms with Crippen molar-refractivity contribution in [2.24, 2.45) is 5.73 Å². The third kappa shape index (κ3) is 4.27. The van der Waals surface area contributed by atoms with Gasteiger partial charge in [0.25, 0.3) is 0 Å². The summed E-state index contributed by atoms with van der Waals surface area (Å²) >= 11 is 7.82. The summed E-state index contributed by atoms with van der Waals surface area (Å²) in [4.78, 5) is 6.80. The molecule has 0 bridgehead atoms. The van der Waals surface area contributed by atoms with Crippen LogP contribution in [0.4, 0.5) is 0 Å². The number of aromatic nitrogens is 1. The van der Waals surface area contributed by atoms with E-state index in [-0.39, 0.29) is 12.1 Å². The van der Waals surface area contributed by atoms with E-state index in [9.17, 15) is 0 Å². The summed E-state index contributed by atoms with van der Waals surface area (Å²) in [7, 11) is 2.09. The van der Waals surface area contributed by atoms with Gasteiger partial charge in [-0.3, -0.25) is 4.90 Å². The number of hydrogen-bond donors (Lipinski definition) is 1. The van der Waals surface area contributed by atoms with Gasteiger partial charge in [-0.25, -0.2) is 4.98 Å². The van der Waals surface area contributed by atoms with E-state index >= 15 is 0 Å². The Labute approximate surface area is 135 Å². The van der Waals surface area contributed by atoms with Crippen LogP contribution in [-0.2, 0) is 6.54 Å². The topological polar surface area (TPSA) is 42.1 Å². The Morgan fingerprint density at radius 3 is 2.76 bits per heavy atom. The zero-order chi connectivity index (χ0) is 15.4. The third-order valence-electron chi connectivity index (χ3n) is 3.62. The first-order chi connectivity index (χ1) is 10.0. The molecular formula is C16H22ClN3S. The van der Waals surface area contributed by atoms with Crippen LogP contribution in [0.2, 0.25) is 5.02 Å². The van der Waals surface area contributed by atoms with Gasteiger partial charge >= 0.3 is 0 Å². The number of nitrogens with two attached hydrogens (primary N) is 1. The van der Waals surface area contributed by atoms with E-state index < -0.39 is 0 Å². The Hall–Kier alpha value is -0.940. The monoisotopic (exact) mass is 323 g/mol. The second-order valence-electron chi connectivity index (χ2n) is 5.34. The molecule has 1 aromatic carbocycles. The van der Waals surface area contributed by atoms with E-state index in [2.05, 4.69) is 35.3 Å². The molecule has 0 radical (unpaired) electrons. The van der Waals surface area contributed by atoms with Gasteiger partial charge in [0.2, 0.25) is 0 Å². The molecule has 2 rings (SSSR count). The van der Waals surface area contributed by atoms with Gasteiger partial charge in [0.15, 0.2) is 0 Å². The molecule has 0 fully saturated rings. The summed E-state index contributed by atoms with van der Waals surface area (Å²) in [5.41, 5.74) is 8.61. The standard InChI is InChI=1S/C16H22ClN3S/c1-4-15(18)16(12-6-5-7-13(17)8-12)20(3)9-14-10-21-11(2)19-14/h5-8,10,15-16H,4,9,18H2,1-3H3. The molecule has 0 aliphatic carbocycles. The molecule has 114 valence electrons. The molecule has 5 heteroatoms. The van der Waals surface area contributed by atoms with Crippen LogP contribution in [0.25, 0.3) is 0 Å². The molecule has 3 nitrogen and oxygen atoms in total. The molecule has 2 aromatic rings. The summed E-state index contributed by atoms with van der Waals surface area (Å²) in [5.74, 6) is 0. The van der Waals surface area contributed by atoms with Crippen LogP contribution in [-0.4, -0.2) is 23.0 Å². The second kappa shape index (κ2) is 7.36. The number of nitrogens with zero attached hydrogens (tertiary/aromatic N) is 2. The zero-order valence-electron chi connectivity index (χ0n) is 12.7. The SMILES string of the molecule is CCC(N)C(c1cccc(Cl)c1)N(C)Cc1csc(C)n1. The highest BCUT2D eigenvalue weighted by atomic mass is 35.5. The molecule has 0 saturated carbocycles. The Bertz CT molecular complexity index is 584. The zero-order valence-corrected chi connectivity index (χ0v) is 14.3. The number of thiazole rings is 1. The van der Waals surface area contributed by atoms with Crippen molar-refractivity contribution in [2.45, 2.75) is 38.9 Å². The number of rotatable bonds is 6. The van der Waals surface area contributed by atoms with Crippen molar-refractivity contribution < 1.29 is 0 Å². The summed E-state index contributed by atoms with van der Waals surface area (Å²) in [6.45, 7) is 4.93. The highest BCUT2D eigenvalue weighted by molar-refractivity contribution is 7.09. The van der Waals surface area contributed by atoms with Crippen LogP contribution >= 0.6 is 22.9 Å². The first kappa shape index (κ1) is 16.4. The number of benzene rings is 1. The van der Waals surface area contributed by atoms with E-state index in [0.717, 1.165) is 34.3 Å². The number of likely N-dealkylation sites (N-methyl/N-ethyl adjacent to an activating group) is 1. The van der Waals surface area contributed by atoms with E-state index in [1.807, 2.05) is 25.1 Å². The fourth-order valence-corrected chi connectivity index (χ4v) is 3.38. The molecule has 0 aliphatic rings. The predicted octanol–water partition coefficient (Wildman–Crippen LogP) is 4.02. The Balaban J connectivity index is 2.23. The summed E-state index contributed by atoms with van der Waals surface area (Å²) < 4.78 is 0. The lowest BCUT2D eigenvalue weighted by Gasteiger charge is -2.32.